The Morgan fingerprint density at radius 3 is 2.72 bits per heavy atom. The van der Waals surface area contributed by atoms with Crippen LogP contribution in [0, 0.1) is 24.5 Å². The number of nitrogens with one attached hydrogen (secondary N) is 1. The third-order valence-electron chi connectivity index (χ3n) is 6.40. The molecule has 7 nitrogen and oxygen atoms in total. The zero-order valence-electron chi connectivity index (χ0n) is 21.5. The number of terminal acetylenes is 1. The molecule has 1 N–H and O–H groups in total. The number of morpholine rings is 1. The average molecular weight is 554 g/mol. The van der Waals surface area contributed by atoms with Crippen molar-refractivity contribution in [3.63, 3.8) is 0 Å². The van der Waals surface area contributed by atoms with E-state index in [2.05, 4.69) is 18.3 Å². The number of benzene rings is 2. The summed E-state index contributed by atoms with van der Waals surface area (Å²) in [5.41, 5.74) is 5.73. The molecule has 3 aliphatic heterocycles. The van der Waals surface area contributed by atoms with Crippen LogP contribution >= 0.6 is 11.8 Å². The summed E-state index contributed by atoms with van der Waals surface area (Å²) in [6.07, 6.45) is 10.8. The lowest BCUT2D eigenvalue weighted by molar-refractivity contribution is -0.00323. The van der Waals surface area contributed by atoms with E-state index in [1.54, 1.807) is 33.6 Å². The van der Waals surface area contributed by atoms with Crippen molar-refractivity contribution in [2.75, 3.05) is 31.8 Å². The summed E-state index contributed by atoms with van der Waals surface area (Å²) in [5, 5.41) is 0. The van der Waals surface area contributed by atoms with Crippen LogP contribution < -0.4 is 15.6 Å². The minimum atomic E-state index is -0.754. The summed E-state index contributed by atoms with van der Waals surface area (Å²) in [5.74, 6) is -1.02. The molecule has 0 spiro atoms. The first kappa shape index (κ1) is 28.2. The van der Waals surface area contributed by atoms with Crippen LogP contribution in [0.25, 0.3) is 0 Å². The van der Waals surface area contributed by atoms with Crippen LogP contribution in [-0.4, -0.2) is 48.0 Å². The Hall–Kier alpha value is -3.81. The van der Waals surface area contributed by atoms with Gasteiger partial charge in [-0.3, -0.25) is 14.3 Å². The van der Waals surface area contributed by atoms with Gasteiger partial charge < -0.3 is 19.8 Å². The predicted octanol–water partition coefficient (Wildman–Crippen LogP) is 4.40. The standard InChI is InChI=1S/C14H10F2S.C13H17N3O4.C2H2/c15-12-6-5-9-7-10-3-1-2-4-13(10)17-8-11(9)14(12)16;1-2-6-20-12-9(17)3-4-16-11(12)13(18)15-5-7-19-8-10(15)14-16;1-2/h1-6H,7-8H2;3-4,10,14H,2,5-8H2,1H3;1-2H/t;10-;/m.0./s1. The second-order valence-corrected chi connectivity index (χ2v) is 9.88. The molecule has 1 saturated heterocycles. The molecule has 0 unspecified atom stereocenters. The highest BCUT2D eigenvalue weighted by Gasteiger charge is 2.36. The van der Waals surface area contributed by atoms with Gasteiger partial charge in [-0.1, -0.05) is 31.2 Å². The monoisotopic (exact) mass is 553 g/mol. The highest BCUT2D eigenvalue weighted by Crippen LogP contribution is 2.35. The van der Waals surface area contributed by atoms with Gasteiger partial charge in [-0.25, -0.2) is 8.78 Å². The molecule has 1 fully saturated rings. The summed E-state index contributed by atoms with van der Waals surface area (Å²) in [6.45, 7) is 3.80. The van der Waals surface area contributed by atoms with Crippen LogP contribution in [0.4, 0.5) is 8.78 Å². The van der Waals surface area contributed by atoms with E-state index >= 15 is 0 Å². The molecule has 3 aliphatic rings. The van der Waals surface area contributed by atoms with Gasteiger partial charge in [0.05, 0.1) is 19.8 Å². The number of halogens is 2. The zero-order chi connectivity index (χ0) is 27.9. The summed E-state index contributed by atoms with van der Waals surface area (Å²) in [6, 6.07) is 12.3. The first-order valence-electron chi connectivity index (χ1n) is 12.5. The minimum absolute atomic E-state index is 0.122. The second kappa shape index (κ2) is 12.8. The lowest BCUT2D eigenvalue weighted by Gasteiger charge is -2.41. The van der Waals surface area contributed by atoms with Gasteiger partial charge in [-0.2, -0.15) is 0 Å². The molecule has 3 aromatic rings. The van der Waals surface area contributed by atoms with Crippen molar-refractivity contribution < 1.29 is 23.0 Å². The van der Waals surface area contributed by atoms with E-state index < -0.39 is 11.6 Å². The average Bonchev–Trinajstić information content (AvgIpc) is 3.16. The van der Waals surface area contributed by atoms with Crippen molar-refractivity contribution in [3.05, 3.63) is 92.9 Å². The maximum atomic E-state index is 13.7. The third kappa shape index (κ3) is 5.95. The number of thioether (sulfide) groups is 1. The number of hydrogen-bond donors (Lipinski definition) is 1. The predicted molar refractivity (Wildman–Crippen MR) is 147 cm³/mol. The van der Waals surface area contributed by atoms with Crippen molar-refractivity contribution >= 4 is 17.7 Å². The quantitative estimate of drug-likeness (QED) is 0.485. The number of amides is 1. The van der Waals surface area contributed by atoms with Gasteiger partial charge in [0.25, 0.3) is 5.91 Å². The number of aromatic nitrogens is 1. The maximum Gasteiger partial charge on any atom is 0.278 e. The van der Waals surface area contributed by atoms with Crippen LogP contribution in [0.1, 0.15) is 40.5 Å². The maximum absolute atomic E-state index is 13.7. The highest BCUT2D eigenvalue weighted by atomic mass is 32.2. The molecule has 1 aromatic heterocycles. The van der Waals surface area contributed by atoms with Crippen LogP contribution in [0.3, 0.4) is 0 Å². The van der Waals surface area contributed by atoms with Gasteiger partial charge in [0.2, 0.25) is 5.43 Å². The number of ether oxygens (including phenoxy) is 2. The van der Waals surface area contributed by atoms with E-state index in [4.69, 9.17) is 9.47 Å². The van der Waals surface area contributed by atoms with E-state index in [0.29, 0.717) is 44.1 Å². The molecule has 4 heterocycles. The second-order valence-electron chi connectivity index (χ2n) is 8.87. The van der Waals surface area contributed by atoms with E-state index in [9.17, 15) is 18.4 Å². The number of carbonyl (C=O) groups excluding carboxylic acids is 1. The van der Waals surface area contributed by atoms with Gasteiger partial charge in [-0.15, -0.1) is 24.6 Å². The number of fused-ring (bicyclic) bond motifs is 4. The Balaban J connectivity index is 0.000000172. The van der Waals surface area contributed by atoms with Crippen molar-refractivity contribution in [1.29, 1.82) is 0 Å². The van der Waals surface area contributed by atoms with E-state index in [-0.39, 0.29) is 28.9 Å². The van der Waals surface area contributed by atoms with E-state index in [0.717, 1.165) is 16.9 Å². The number of rotatable bonds is 3. The lowest BCUT2D eigenvalue weighted by Crippen LogP contribution is -2.59. The molecule has 0 saturated carbocycles. The number of hydrogen-bond acceptors (Lipinski definition) is 6. The largest absolute Gasteiger partial charge is 0.487 e. The molecule has 0 bridgehead atoms. The normalized spacial score (nSPS) is 16.8. The molecule has 0 aliphatic carbocycles. The van der Waals surface area contributed by atoms with Crippen LogP contribution in [0.2, 0.25) is 0 Å². The Morgan fingerprint density at radius 1 is 1.13 bits per heavy atom. The molecule has 204 valence electrons. The topological polar surface area (TPSA) is 72.8 Å². The van der Waals surface area contributed by atoms with Crippen molar-refractivity contribution in [3.8, 4) is 18.6 Å². The lowest BCUT2D eigenvalue weighted by atomic mass is 10.0. The Bertz CT molecular complexity index is 1430. The SMILES string of the molecule is C#C.CCCOc1c2n(ccc1=O)N[C@@H]1COCCN1C2=O.Fc1ccc2c(c1F)CSc1ccccc1C2. The first-order chi connectivity index (χ1) is 19.0. The molecule has 1 amide bonds. The van der Waals surface area contributed by atoms with Gasteiger partial charge >= 0.3 is 0 Å². The van der Waals surface area contributed by atoms with Crippen LogP contribution in [-0.2, 0) is 16.9 Å². The number of carbonyl (C=O) groups is 1. The Morgan fingerprint density at radius 2 is 1.92 bits per heavy atom. The van der Waals surface area contributed by atoms with Crippen molar-refractivity contribution in [2.45, 2.75) is 36.6 Å². The molecule has 0 radical (unpaired) electrons. The molecular formula is C29H29F2N3O4S. The Labute approximate surface area is 230 Å². The number of pyridine rings is 1. The molecule has 1 atom stereocenters. The van der Waals surface area contributed by atoms with Crippen LogP contribution in [0.5, 0.6) is 5.75 Å². The zero-order valence-corrected chi connectivity index (χ0v) is 22.3. The van der Waals surface area contributed by atoms with Gasteiger partial charge in [0.15, 0.2) is 23.1 Å². The molecule has 6 rings (SSSR count). The molecule has 10 heteroatoms. The van der Waals surface area contributed by atoms with Crippen LogP contribution in [0.15, 0.2) is 58.4 Å². The first-order valence-corrected chi connectivity index (χ1v) is 13.5. The summed E-state index contributed by atoms with van der Waals surface area (Å²) >= 11 is 1.57. The van der Waals surface area contributed by atoms with Gasteiger partial charge in [-0.05, 0) is 36.1 Å². The third-order valence-corrected chi connectivity index (χ3v) is 7.55. The number of nitrogens with zero attached hydrogens (tertiary/aromatic N) is 2. The highest BCUT2D eigenvalue weighted by molar-refractivity contribution is 7.98. The van der Waals surface area contributed by atoms with Gasteiger partial charge in [0, 0.05) is 35.0 Å². The fourth-order valence-electron chi connectivity index (χ4n) is 4.52. The van der Waals surface area contributed by atoms with Crippen molar-refractivity contribution in [2.24, 2.45) is 0 Å². The smallest absolute Gasteiger partial charge is 0.278 e. The summed E-state index contributed by atoms with van der Waals surface area (Å²) < 4.78 is 39.3. The summed E-state index contributed by atoms with van der Waals surface area (Å²) in [4.78, 5) is 27.4. The fourth-order valence-corrected chi connectivity index (χ4v) is 5.63. The molecule has 2 aromatic carbocycles. The van der Waals surface area contributed by atoms with Crippen molar-refractivity contribution in [1.82, 2.24) is 9.58 Å². The molecular weight excluding hydrogens is 524 g/mol. The molecule has 39 heavy (non-hydrogen) atoms. The van der Waals surface area contributed by atoms with Gasteiger partial charge in [0.1, 0.15) is 6.17 Å². The Kier molecular flexibility index (Phi) is 9.28. The van der Waals surface area contributed by atoms with E-state index in [1.165, 1.54) is 17.7 Å². The fraction of sp³-hybridized carbons (Fsp3) is 0.310. The summed E-state index contributed by atoms with van der Waals surface area (Å²) in [7, 11) is 0. The minimum Gasteiger partial charge on any atom is -0.487 e. The van der Waals surface area contributed by atoms with E-state index in [1.807, 2.05) is 31.2 Å².